The van der Waals surface area contributed by atoms with Crippen LogP contribution in [0.2, 0.25) is 5.02 Å². The lowest BCUT2D eigenvalue weighted by Crippen LogP contribution is -2.18. The Kier molecular flexibility index (Phi) is 3.23. The van der Waals surface area contributed by atoms with Crippen LogP contribution in [0, 0.1) is 5.41 Å². The maximum Gasteiger partial charge on any atom is 0.192 e. The summed E-state index contributed by atoms with van der Waals surface area (Å²) >= 11 is 9.65. The molecule has 0 unspecified atom stereocenters. The van der Waals surface area contributed by atoms with Crippen LogP contribution in [0.3, 0.4) is 0 Å². The lowest BCUT2D eigenvalue weighted by molar-refractivity contribution is 0.168. The Labute approximate surface area is 126 Å². The molecule has 0 aliphatic heterocycles. The van der Waals surface area contributed by atoms with Crippen LogP contribution in [0.25, 0.3) is 11.2 Å². The molecule has 3 aromatic rings. The minimum Gasteiger partial charge on any atom is -0.425 e. The molecule has 2 aromatic heterocycles. The Morgan fingerprint density at radius 2 is 2.10 bits per heavy atom. The average molecular weight is 355 g/mol. The predicted molar refractivity (Wildman–Crippen MR) is 76.8 cm³/mol. The summed E-state index contributed by atoms with van der Waals surface area (Å²) in [6.45, 7) is 0.471. The number of nitrogens with zero attached hydrogens (tertiary/aromatic N) is 4. The van der Waals surface area contributed by atoms with Crippen LogP contribution < -0.4 is 5.49 Å². The van der Waals surface area contributed by atoms with Gasteiger partial charge in [0.05, 0.1) is 12.9 Å². The van der Waals surface area contributed by atoms with Gasteiger partial charge in [0.15, 0.2) is 16.7 Å². The molecule has 0 spiro atoms. The molecule has 0 atom stereocenters. The van der Waals surface area contributed by atoms with Crippen molar-refractivity contribution >= 4 is 38.7 Å². The number of aromatic nitrogens is 4. The molecule has 3 rings (SSSR count). The van der Waals surface area contributed by atoms with E-state index in [0.29, 0.717) is 27.5 Å². The van der Waals surface area contributed by atoms with Gasteiger partial charge in [-0.3, -0.25) is 5.41 Å². The molecule has 2 heterocycles. The molecule has 6 nitrogen and oxygen atoms in total. The maximum atomic E-state index is 9.39. The minimum absolute atomic E-state index is 0.105. The lowest BCUT2D eigenvalue weighted by Gasteiger charge is -2.08. The third kappa shape index (κ3) is 2.08. The van der Waals surface area contributed by atoms with E-state index in [1.165, 1.54) is 6.33 Å². The van der Waals surface area contributed by atoms with E-state index in [4.69, 9.17) is 17.0 Å². The van der Waals surface area contributed by atoms with Gasteiger partial charge in [-0.15, -0.1) is 0 Å². The second-order valence-electron chi connectivity index (χ2n) is 4.18. The van der Waals surface area contributed by atoms with Crippen LogP contribution in [0.1, 0.15) is 5.56 Å². The van der Waals surface area contributed by atoms with Gasteiger partial charge < -0.3 is 9.77 Å². The molecular weight excluding hydrogens is 346 g/mol. The Bertz CT molecular complexity index is 836. The molecular formula is C12H9BrClN5O. The fraction of sp³-hybridized carbons (Fsp3) is 0.0833. The van der Waals surface area contributed by atoms with E-state index in [1.807, 2.05) is 18.2 Å². The summed E-state index contributed by atoms with van der Waals surface area (Å²) in [4.78, 5) is 8.20. The number of imidazole rings is 1. The number of hydrogen-bond acceptors (Lipinski definition) is 4. The van der Waals surface area contributed by atoms with Gasteiger partial charge in [-0.1, -0.05) is 33.6 Å². The van der Waals surface area contributed by atoms with Crippen LogP contribution in [0.5, 0.6) is 0 Å². The van der Waals surface area contributed by atoms with Crippen LogP contribution >= 0.6 is 27.5 Å². The first-order valence-electron chi connectivity index (χ1n) is 5.67. The summed E-state index contributed by atoms with van der Waals surface area (Å²) in [5, 5.41) is 17.8. The minimum atomic E-state index is -0.105. The largest absolute Gasteiger partial charge is 0.425 e. The quantitative estimate of drug-likeness (QED) is 0.694. The molecule has 0 bridgehead atoms. The fourth-order valence-corrected chi connectivity index (χ4v) is 2.76. The Morgan fingerprint density at radius 1 is 1.30 bits per heavy atom. The fourth-order valence-electron chi connectivity index (χ4n) is 1.92. The molecule has 0 radical (unpaired) electrons. The van der Waals surface area contributed by atoms with E-state index in [2.05, 4.69) is 25.9 Å². The molecule has 0 saturated carbocycles. The number of nitrogens with one attached hydrogen (secondary N) is 1. The van der Waals surface area contributed by atoms with Gasteiger partial charge in [-0.2, -0.15) is 4.73 Å². The molecule has 0 aliphatic rings. The van der Waals surface area contributed by atoms with E-state index in [1.54, 1.807) is 10.9 Å². The molecule has 0 amide bonds. The molecule has 2 N–H and O–H groups in total. The van der Waals surface area contributed by atoms with E-state index < -0.39 is 0 Å². The summed E-state index contributed by atoms with van der Waals surface area (Å²) in [7, 11) is 0. The van der Waals surface area contributed by atoms with Crippen LogP contribution in [-0.4, -0.2) is 24.5 Å². The molecule has 0 aliphatic carbocycles. The van der Waals surface area contributed by atoms with Crippen molar-refractivity contribution < 1.29 is 5.21 Å². The summed E-state index contributed by atoms with van der Waals surface area (Å²) in [5.41, 5.74) is 1.65. The predicted octanol–water partition coefficient (Wildman–Crippen LogP) is 2.41. The Morgan fingerprint density at radius 3 is 2.85 bits per heavy atom. The van der Waals surface area contributed by atoms with Gasteiger partial charge in [-0.05, 0) is 12.1 Å². The topological polar surface area (TPSA) is 79.7 Å². The summed E-state index contributed by atoms with van der Waals surface area (Å²) in [5.74, 6) is 0. The lowest BCUT2D eigenvalue weighted by atomic mass is 10.2. The standard InChI is InChI=1S/C12H9BrClN5O/c13-8-2-1-3-9(14)7(8)4-18-5-16-10-11(15)19(20)6-17-12(10)18/h1-3,5-6,15,20H,4H2. The molecule has 102 valence electrons. The number of benzene rings is 1. The second kappa shape index (κ2) is 4.92. The van der Waals surface area contributed by atoms with Crippen molar-refractivity contribution in [2.75, 3.05) is 0 Å². The first kappa shape index (κ1) is 13.1. The van der Waals surface area contributed by atoms with Gasteiger partial charge in [0.25, 0.3) is 0 Å². The molecule has 0 saturated heterocycles. The van der Waals surface area contributed by atoms with E-state index >= 15 is 0 Å². The number of halogens is 2. The normalized spacial score (nSPS) is 11.1. The zero-order valence-corrected chi connectivity index (χ0v) is 12.4. The smallest absolute Gasteiger partial charge is 0.192 e. The SMILES string of the molecule is N=c1c2ncn(Cc3c(Cl)cccc3Br)c2ncn1O. The van der Waals surface area contributed by atoms with Gasteiger partial charge >= 0.3 is 0 Å². The van der Waals surface area contributed by atoms with Crippen molar-refractivity contribution in [2.45, 2.75) is 6.54 Å². The monoisotopic (exact) mass is 353 g/mol. The average Bonchev–Trinajstić information content (AvgIpc) is 2.82. The van der Waals surface area contributed by atoms with E-state index in [0.717, 1.165) is 10.0 Å². The third-order valence-corrected chi connectivity index (χ3v) is 4.04. The molecule has 0 fully saturated rings. The van der Waals surface area contributed by atoms with Gasteiger partial charge in [-0.25, -0.2) is 9.97 Å². The summed E-state index contributed by atoms with van der Waals surface area (Å²) < 4.78 is 3.30. The zero-order chi connectivity index (χ0) is 14.3. The van der Waals surface area contributed by atoms with Crippen molar-refractivity contribution in [2.24, 2.45) is 0 Å². The highest BCUT2D eigenvalue weighted by Gasteiger charge is 2.11. The Balaban J connectivity index is 2.13. The third-order valence-electron chi connectivity index (χ3n) is 2.94. The van der Waals surface area contributed by atoms with Crippen molar-refractivity contribution in [1.29, 1.82) is 5.41 Å². The number of hydrogen-bond donors (Lipinski definition) is 2. The van der Waals surface area contributed by atoms with Gasteiger partial charge in [0.1, 0.15) is 6.33 Å². The van der Waals surface area contributed by atoms with E-state index in [9.17, 15) is 5.21 Å². The van der Waals surface area contributed by atoms with Crippen LogP contribution in [0.4, 0.5) is 0 Å². The first-order valence-corrected chi connectivity index (χ1v) is 6.84. The van der Waals surface area contributed by atoms with Crippen molar-refractivity contribution in [3.63, 3.8) is 0 Å². The second-order valence-corrected chi connectivity index (χ2v) is 5.44. The van der Waals surface area contributed by atoms with Gasteiger partial charge in [0.2, 0.25) is 0 Å². The summed E-state index contributed by atoms with van der Waals surface area (Å²) in [6.07, 6.45) is 2.75. The van der Waals surface area contributed by atoms with Crippen LogP contribution in [-0.2, 0) is 6.54 Å². The van der Waals surface area contributed by atoms with E-state index in [-0.39, 0.29) is 5.49 Å². The van der Waals surface area contributed by atoms with Gasteiger partial charge in [0, 0.05) is 15.1 Å². The van der Waals surface area contributed by atoms with Crippen LogP contribution in [0.15, 0.2) is 35.3 Å². The highest BCUT2D eigenvalue weighted by molar-refractivity contribution is 9.10. The highest BCUT2D eigenvalue weighted by atomic mass is 79.9. The molecule has 8 heteroatoms. The molecule has 1 aromatic carbocycles. The Hall–Kier alpha value is -1.86. The zero-order valence-electron chi connectivity index (χ0n) is 10.1. The van der Waals surface area contributed by atoms with Crippen molar-refractivity contribution in [1.82, 2.24) is 19.3 Å². The molecule has 20 heavy (non-hydrogen) atoms. The number of rotatable bonds is 2. The maximum absolute atomic E-state index is 9.39. The summed E-state index contributed by atoms with van der Waals surface area (Å²) in [6, 6.07) is 5.58. The first-order chi connectivity index (χ1) is 9.58. The highest BCUT2D eigenvalue weighted by Crippen LogP contribution is 2.26. The van der Waals surface area contributed by atoms with Crippen molar-refractivity contribution in [3.8, 4) is 0 Å². The van der Waals surface area contributed by atoms with Crippen molar-refractivity contribution in [3.05, 3.63) is 51.4 Å². The number of fused-ring (bicyclic) bond motifs is 1.